The number of aliphatic hydroxyl groups excluding tert-OH is 1. The van der Waals surface area contributed by atoms with Gasteiger partial charge in [0.15, 0.2) is 0 Å². The molecule has 2 rings (SSSR count). The number of halogens is 1. The molecule has 0 unspecified atom stereocenters. The third-order valence-corrected chi connectivity index (χ3v) is 4.66. The van der Waals surface area contributed by atoms with Crippen molar-refractivity contribution in [1.82, 2.24) is 10.6 Å². The molecule has 22 heavy (non-hydrogen) atoms. The SMILES string of the molecule is C[C@@H](NC(=O)N[C@@H](CO)Cc1ccccc1)c1ccc(Cl)s1. The number of aliphatic hydroxyl groups is 1. The molecular weight excluding hydrogens is 320 g/mol. The van der Waals surface area contributed by atoms with Crippen molar-refractivity contribution < 1.29 is 9.90 Å². The monoisotopic (exact) mass is 338 g/mol. The average Bonchev–Trinajstić information content (AvgIpc) is 2.94. The standard InChI is InChI=1S/C16H19ClN2O2S/c1-11(14-7-8-15(17)22-14)18-16(21)19-13(10-20)9-12-5-3-2-4-6-12/h2-8,11,13,20H,9-10H2,1H3,(H2,18,19,21)/t11-,13-/m1/s1. The molecule has 0 aliphatic carbocycles. The maximum absolute atomic E-state index is 12.0. The Morgan fingerprint density at radius 1 is 1.23 bits per heavy atom. The van der Waals surface area contributed by atoms with E-state index in [-0.39, 0.29) is 24.7 Å². The van der Waals surface area contributed by atoms with E-state index in [1.54, 1.807) is 0 Å². The van der Waals surface area contributed by atoms with Gasteiger partial charge < -0.3 is 15.7 Å². The molecule has 118 valence electrons. The van der Waals surface area contributed by atoms with Gasteiger partial charge in [-0.3, -0.25) is 0 Å². The molecule has 0 fully saturated rings. The number of carbonyl (C=O) groups excluding carboxylic acids is 1. The molecule has 2 atom stereocenters. The molecule has 4 nitrogen and oxygen atoms in total. The highest BCUT2D eigenvalue weighted by Crippen LogP contribution is 2.26. The average molecular weight is 339 g/mol. The van der Waals surface area contributed by atoms with Crippen molar-refractivity contribution >= 4 is 29.0 Å². The molecule has 2 aromatic rings. The van der Waals surface area contributed by atoms with Crippen LogP contribution in [0.2, 0.25) is 4.34 Å². The van der Waals surface area contributed by atoms with Gasteiger partial charge in [0.1, 0.15) is 0 Å². The summed E-state index contributed by atoms with van der Waals surface area (Å²) in [5, 5.41) is 15.1. The van der Waals surface area contributed by atoms with E-state index in [4.69, 9.17) is 11.6 Å². The first-order valence-electron chi connectivity index (χ1n) is 7.05. The van der Waals surface area contributed by atoms with Crippen LogP contribution in [0.25, 0.3) is 0 Å². The normalized spacial score (nSPS) is 13.4. The number of hydrogen-bond donors (Lipinski definition) is 3. The summed E-state index contributed by atoms with van der Waals surface area (Å²) in [7, 11) is 0. The van der Waals surface area contributed by atoms with Crippen molar-refractivity contribution in [3.63, 3.8) is 0 Å². The Labute approximate surface area is 139 Å². The molecule has 0 saturated carbocycles. The zero-order chi connectivity index (χ0) is 15.9. The highest BCUT2D eigenvalue weighted by molar-refractivity contribution is 7.16. The van der Waals surface area contributed by atoms with Gasteiger partial charge >= 0.3 is 6.03 Å². The van der Waals surface area contributed by atoms with E-state index in [1.165, 1.54) is 11.3 Å². The second-order valence-corrected chi connectivity index (χ2v) is 6.80. The number of nitrogens with one attached hydrogen (secondary N) is 2. The Bertz CT molecular complexity index is 603. The molecule has 2 amide bonds. The number of urea groups is 1. The van der Waals surface area contributed by atoms with E-state index in [0.717, 1.165) is 10.4 Å². The van der Waals surface area contributed by atoms with Crippen LogP contribution in [0.15, 0.2) is 42.5 Å². The lowest BCUT2D eigenvalue weighted by Gasteiger charge is -2.19. The minimum atomic E-state index is -0.318. The van der Waals surface area contributed by atoms with Crippen LogP contribution in [0.4, 0.5) is 4.79 Å². The summed E-state index contributed by atoms with van der Waals surface area (Å²) in [6.07, 6.45) is 0.587. The Morgan fingerprint density at radius 2 is 1.95 bits per heavy atom. The molecule has 0 saturated heterocycles. The molecule has 1 heterocycles. The van der Waals surface area contributed by atoms with Crippen molar-refractivity contribution in [1.29, 1.82) is 0 Å². The zero-order valence-corrected chi connectivity index (χ0v) is 13.8. The Morgan fingerprint density at radius 3 is 2.55 bits per heavy atom. The number of hydrogen-bond acceptors (Lipinski definition) is 3. The lowest BCUT2D eigenvalue weighted by molar-refractivity contribution is 0.214. The van der Waals surface area contributed by atoms with Crippen molar-refractivity contribution in [3.05, 3.63) is 57.2 Å². The summed E-state index contributed by atoms with van der Waals surface area (Å²) >= 11 is 7.33. The van der Waals surface area contributed by atoms with Crippen LogP contribution in [0.5, 0.6) is 0 Å². The third-order valence-electron chi connectivity index (χ3n) is 3.25. The number of carbonyl (C=O) groups is 1. The van der Waals surface area contributed by atoms with Gasteiger partial charge in [0, 0.05) is 4.88 Å². The van der Waals surface area contributed by atoms with Gasteiger partial charge in [0.2, 0.25) is 0 Å². The quantitative estimate of drug-likeness (QED) is 0.756. The predicted molar refractivity (Wildman–Crippen MR) is 90.4 cm³/mol. The fourth-order valence-electron chi connectivity index (χ4n) is 2.12. The van der Waals surface area contributed by atoms with Crippen LogP contribution < -0.4 is 10.6 Å². The molecule has 0 aliphatic heterocycles. The summed E-state index contributed by atoms with van der Waals surface area (Å²) in [6, 6.07) is 12.7. The largest absolute Gasteiger partial charge is 0.394 e. The highest BCUT2D eigenvalue weighted by atomic mass is 35.5. The lowest BCUT2D eigenvalue weighted by atomic mass is 10.1. The smallest absolute Gasteiger partial charge is 0.315 e. The van der Waals surface area contributed by atoms with E-state index in [2.05, 4.69) is 10.6 Å². The van der Waals surface area contributed by atoms with Crippen LogP contribution in [0.3, 0.4) is 0 Å². The minimum Gasteiger partial charge on any atom is -0.394 e. The van der Waals surface area contributed by atoms with Crippen LogP contribution >= 0.6 is 22.9 Å². The van der Waals surface area contributed by atoms with Gasteiger partial charge in [-0.05, 0) is 31.0 Å². The summed E-state index contributed by atoms with van der Waals surface area (Å²) in [5.74, 6) is 0. The molecule has 6 heteroatoms. The molecule has 0 aliphatic rings. The molecular formula is C16H19ClN2O2S. The zero-order valence-electron chi connectivity index (χ0n) is 12.3. The summed E-state index contributed by atoms with van der Waals surface area (Å²) in [5.41, 5.74) is 1.07. The summed E-state index contributed by atoms with van der Waals surface area (Å²) < 4.78 is 0.696. The number of thiophene rings is 1. The summed E-state index contributed by atoms with van der Waals surface area (Å²) in [6.45, 7) is 1.79. The van der Waals surface area contributed by atoms with E-state index < -0.39 is 0 Å². The molecule has 3 N–H and O–H groups in total. The van der Waals surface area contributed by atoms with E-state index >= 15 is 0 Å². The van der Waals surface area contributed by atoms with Gasteiger partial charge in [-0.2, -0.15) is 0 Å². The van der Waals surface area contributed by atoms with Crippen LogP contribution in [-0.2, 0) is 6.42 Å². The van der Waals surface area contributed by atoms with Crippen molar-refractivity contribution in [2.45, 2.75) is 25.4 Å². The van der Waals surface area contributed by atoms with Crippen molar-refractivity contribution in [2.24, 2.45) is 0 Å². The number of benzene rings is 1. The van der Waals surface area contributed by atoms with Gasteiger partial charge in [-0.15, -0.1) is 11.3 Å². The molecule has 0 radical (unpaired) electrons. The van der Waals surface area contributed by atoms with Gasteiger partial charge in [-0.25, -0.2) is 4.79 Å². The number of rotatable bonds is 6. The van der Waals surface area contributed by atoms with E-state index in [9.17, 15) is 9.90 Å². The lowest BCUT2D eigenvalue weighted by Crippen LogP contribution is -2.45. The molecule has 1 aromatic carbocycles. The van der Waals surface area contributed by atoms with Crippen LogP contribution in [0, 0.1) is 0 Å². The van der Waals surface area contributed by atoms with Gasteiger partial charge in [0.25, 0.3) is 0 Å². The van der Waals surface area contributed by atoms with Crippen molar-refractivity contribution in [2.75, 3.05) is 6.61 Å². The van der Waals surface area contributed by atoms with Crippen LogP contribution in [0.1, 0.15) is 23.4 Å². The molecule has 1 aromatic heterocycles. The fraction of sp³-hybridized carbons (Fsp3) is 0.312. The van der Waals surface area contributed by atoms with Crippen molar-refractivity contribution in [3.8, 4) is 0 Å². The Balaban J connectivity index is 1.86. The minimum absolute atomic E-state index is 0.110. The van der Waals surface area contributed by atoms with Gasteiger partial charge in [0.05, 0.1) is 23.0 Å². The Kier molecular flexibility index (Phi) is 6.24. The fourth-order valence-corrected chi connectivity index (χ4v) is 3.18. The first-order valence-corrected chi connectivity index (χ1v) is 8.25. The second kappa shape index (κ2) is 8.17. The topological polar surface area (TPSA) is 61.4 Å². The van der Waals surface area contributed by atoms with Crippen LogP contribution in [-0.4, -0.2) is 23.8 Å². The first-order chi connectivity index (χ1) is 10.6. The van der Waals surface area contributed by atoms with E-state index in [0.29, 0.717) is 10.8 Å². The maximum atomic E-state index is 12.0. The third kappa shape index (κ3) is 5.02. The van der Waals surface area contributed by atoms with E-state index in [1.807, 2.05) is 49.4 Å². The number of amides is 2. The molecule has 0 spiro atoms. The maximum Gasteiger partial charge on any atom is 0.315 e. The Hall–Kier alpha value is -1.56. The first kappa shape index (κ1) is 16.8. The highest BCUT2D eigenvalue weighted by Gasteiger charge is 2.15. The second-order valence-electron chi connectivity index (χ2n) is 5.05. The summed E-state index contributed by atoms with van der Waals surface area (Å²) in [4.78, 5) is 13.0. The predicted octanol–water partition coefficient (Wildman–Crippen LogP) is 3.37. The van der Waals surface area contributed by atoms with Gasteiger partial charge in [-0.1, -0.05) is 41.9 Å². The molecule has 0 bridgehead atoms.